The first-order valence-corrected chi connectivity index (χ1v) is 7.83. The van der Waals surface area contributed by atoms with Crippen LogP contribution in [-0.4, -0.2) is 19.6 Å². The van der Waals surface area contributed by atoms with Crippen LogP contribution in [0.1, 0.15) is 12.5 Å². The van der Waals surface area contributed by atoms with Gasteiger partial charge in [-0.15, -0.1) is 0 Å². The number of hydrogen-bond donors (Lipinski definition) is 1. The first-order valence-electron chi connectivity index (χ1n) is 7.08. The summed E-state index contributed by atoms with van der Waals surface area (Å²) in [5.74, 6) is 1.02. The Morgan fingerprint density at radius 2 is 1.91 bits per heavy atom. The second kappa shape index (κ2) is 8.09. The van der Waals surface area contributed by atoms with Gasteiger partial charge >= 0.3 is 0 Å². The Morgan fingerprint density at radius 1 is 1.13 bits per heavy atom. The van der Waals surface area contributed by atoms with Gasteiger partial charge in [0.25, 0.3) is 0 Å². The third-order valence-corrected chi connectivity index (χ3v) is 3.70. The molecule has 4 nitrogen and oxygen atoms in total. The van der Waals surface area contributed by atoms with Gasteiger partial charge in [0.1, 0.15) is 0 Å². The molecule has 122 valence electrons. The molecule has 2 rings (SSSR count). The van der Waals surface area contributed by atoms with E-state index in [4.69, 9.17) is 32.7 Å². The molecule has 0 atom stereocenters. The van der Waals surface area contributed by atoms with Gasteiger partial charge in [-0.05, 0) is 36.8 Å². The maximum absolute atomic E-state index is 12.2. The fourth-order valence-corrected chi connectivity index (χ4v) is 2.54. The molecule has 1 N–H and O–H groups in total. The summed E-state index contributed by atoms with van der Waals surface area (Å²) < 4.78 is 10.7. The fraction of sp³-hybridized carbons (Fsp3) is 0.235. The smallest absolute Gasteiger partial charge is 0.228 e. The molecule has 0 aromatic heterocycles. The van der Waals surface area contributed by atoms with Crippen LogP contribution in [0, 0.1) is 0 Å². The van der Waals surface area contributed by atoms with E-state index in [0.717, 1.165) is 0 Å². The van der Waals surface area contributed by atoms with Crippen molar-refractivity contribution in [1.29, 1.82) is 0 Å². The number of methoxy groups -OCH3 is 1. The van der Waals surface area contributed by atoms with Crippen molar-refractivity contribution in [3.8, 4) is 11.5 Å². The van der Waals surface area contributed by atoms with E-state index in [0.29, 0.717) is 39.4 Å². The van der Waals surface area contributed by atoms with Crippen molar-refractivity contribution in [3.05, 3.63) is 52.0 Å². The molecule has 0 aliphatic carbocycles. The normalized spacial score (nSPS) is 10.3. The SMILES string of the molecule is CCOc1ccc(NC(=O)Cc2ccc(Cl)cc2Cl)cc1OC. The number of nitrogens with one attached hydrogen (secondary N) is 1. The maximum atomic E-state index is 12.2. The van der Waals surface area contributed by atoms with Crippen LogP contribution in [0.5, 0.6) is 11.5 Å². The van der Waals surface area contributed by atoms with Crippen LogP contribution in [0.15, 0.2) is 36.4 Å². The summed E-state index contributed by atoms with van der Waals surface area (Å²) in [7, 11) is 1.55. The molecule has 0 heterocycles. The molecule has 2 aromatic carbocycles. The predicted octanol–water partition coefficient (Wildman–Crippen LogP) is 4.58. The third kappa shape index (κ3) is 4.78. The lowest BCUT2D eigenvalue weighted by Gasteiger charge is -2.12. The zero-order chi connectivity index (χ0) is 16.8. The summed E-state index contributed by atoms with van der Waals surface area (Å²) in [4.78, 5) is 12.2. The Labute approximate surface area is 145 Å². The van der Waals surface area contributed by atoms with Crippen LogP contribution in [0.25, 0.3) is 0 Å². The van der Waals surface area contributed by atoms with E-state index in [1.807, 2.05) is 6.92 Å². The number of rotatable bonds is 6. The van der Waals surface area contributed by atoms with E-state index in [1.165, 1.54) is 0 Å². The van der Waals surface area contributed by atoms with Crippen LogP contribution in [0.4, 0.5) is 5.69 Å². The van der Waals surface area contributed by atoms with Crippen molar-refractivity contribution in [2.45, 2.75) is 13.3 Å². The largest absolute Gasteiger partial charge is 0.493 e. The average molecular weight is 354 g/mol. The summed E-state index contributed by atoms with van der Waals surface area (Å²) >= 11 is 11.9. The summed E-state index contributed by atoms with van der Waals surface area (Å²) in [5, 5.41) is 3.82. The molecular formula is C17H17Cl2NO3. The van der Waals surface area contributed by atoms with Crippen LogP contribution in [0.3, 0.4) is 0 Å². The molecule has 0 fully saturated rings. The Morgan fingerprint density at radius 3 is 2.57 bits per heavy atom. The lowest BCUT2D eigenvalue weighted by atomic mass is 10.1. The fourth-order valence-electron chi connectivity index (χ4n) is 2.06. The Balaban J connectivity index is 2.07. The molecule has 0 spiro atoms. The van der Waals surface area contributed by atoms with E-state index in [9.17, 15) is 4.79 Å². The quantitative estimate of drug-likeness (QED) is 0.826. The number of ether oxygens (including phenoxy) is 2. The maximum Gasteiger partial charge on any atom is 0.228 e. The van der Waals surface area contributed by atoms with Gasteiger partial charge in [0.15, 0.2) is 11.5 Å². The van der Waals surface area contributed by atoms with Gasteiger partial charge in [0.05, 0.1) is 20.1 Å². The van der Waals surface area contributed by atoms with Crippen LogP contribution >= 0.6 is 23.2 Å². The number of halogens is 2. The third-order valence-electron chi connectivity index (χ3n) is 3.11. The summed E-state index contributed by atoms with van der Waals surface area (Å²) in [6.07, 6.45) is 0.158. The molecule has 0 bridgehead atoms. The minimum absolute atomic E-state index is 0.158. The van der Waals surface area contributed by atoms with Gasteiger partial charge in [-0.25, -0.2) is 0 Å². The van der Waals surface area contributed by atoms with Gasteiger partial charge in [0.2, 0.25) is 5.91 Å². The minimum Gasteiger partial charge on any atom is -0.493 e. The molecule has 0 aliphatic rings. The Hall–Kier alpha value is -1.91. The predicted molar refractivity (Wildman–Crippen MR) is 93.0 cm³/mol. The highest BCUT2D eigenvalue weighted by atomic mass is 35.5. The molecule has 0 saturated carbocycles. The van der Waals surface area contributed by atoms with Crippen molar-refractivity contribution in [2.24, 2.45) is 0 Å². The number of carbonyl (C=O) groups is 1. The second-order valence-corrected chi connectivity index (χ2v) is 5.60. The minimum atomic E-state index is -0.180. The van der Waals surface area contributed by atoms with Gasteiger partial charge in [0, 0.05) is 21.8 Å². The van der Waals surface area contributed by atoms with Crippen molar-refractivity contribution in [2.75, 3.05) is 19.0 Å². The molecule has 1 amide bonds. The van der Waals surface area contributed by atoms with E-state index in [1.54, 1.807) is 43.5 Å². The van der Waals surface area contributed by atoms with Gasteiger partial charge in [-0.2, -0.15) is 0 Å². The highest BCUT2D eigenvalue weighted by molar-refractivity contribution is 6.35. The molecule has 6 heteroatoms. The summed E-state index contributed by atoms with van der Waals surface area (Å²) in [6, 6.07) is 10.3. The van der Waals surface area contributed by atoms with Crippen molar-refractivity contribution < 1.29 is 14.3 Å². The topological polar surface area (TPSA) is 47.6 Å². The number of carbonyl (C=O) groups excluding carboxylic acids is 1. The zero-order valence-corrected chi connectivity index (χ0v) is 14.4. The van der Waals surface area contributed by atoms with Crippen LogP contribution in [-0.2, 0) is 11.2 Å². The van der Waals surface area contributed by atoms with Gasteiger partial charge in [-0.1, -0.05) is 29.3 Å². The first kappa shape index (κ1) is 17.4. The Kier molecular flexibility index (Phi) is 6.13. The number of benzene rings is 2. The molecule has 0 saturated heterocycles. The lowest BCUT2D eigenvalue weighted by molar-refractivity contribution is -0.115. The monoisotopic (exact) mass is 353 g/mol. The second-order valence-electron chi connectivity index (χ2n) is 4.76. The van der Waals surface area contributed by atoms with Crippen molar-refractivity contribution >= 4 is 34.8 Å². The number of hydrogen-bond acceptors (Lipinski definition) is 3. The summed E-state index contributed by atoms with van der Waals surface area (Å²) in [5.41, 5.74) is 1.34. The highest BCUT2D eigenvalue weighted by Crippen LogP contribution is 2.30. The molecule has 23 heavy (non-hydrogen) atoms. The number of amides is 1. The van der Waals surface area contributed by atoms with Crippen LogP contribution < -0.4 is 14.8 Å². The average Bonchev–Trinajstić information content (AvgIpc) is 2.52. The molecule has 0 unspecified atom stereocenters. The zero-order valence-electron chi connectivity index (χ0n) is 12.9. The molecule has 2 aromatic rings. The molecular weight excluding hydrogens is 337 g/mol. The lowest BCUT2D eigenvalue weighted by Crippen LogP contribution is -2.14. The first-order chi connectivity index (χ1) is 11.0. The van der Waals surface area contributed by atoms with E-state index >= 15 is 0 Å². The van der Waals surface area contributed by atoms with Crippen molar-refractivity contribution in [3.63, 3.8) is 0 Å². The van der Waals surface area contributed by atoms with Crippen LogP contribution in [0.2, 0.25) is 10.0 Å². The van der Waals surface area contributed by atoms with E-state index in [-0.39, 0.29) is 12.3 Å². The standard InChI is InChI=1S/C17H17Cl2NO3/c1-3-23-15-7-6-13(10-16(15)22-2)20-17(21)8-11-4-5-12(18)9-14(11)19/h4-7,9-10H,3,8H2,1-2H3,(H,20,21). The van der Waals surface area contributed by atoms with Crippen molar-refractivity contribution in [1.82, 2.24) is 0 Å². The molecule has 0 aliphatic heterocycles. The highest BCUT2D eigenvalue weighted by Gasteiger charge is 2.10. The van der Waals surface area contributed by atoms with Gasteiger partial charge < -0.3 is 14.8 Å². The summed E-state index contributed by atoms with van der Waals surface area (Å²) in [6.45, 7) is 2.43. The van der Waals surface area contributed by atoms with E-state index in [2.05, 4.69) is 5.32 Å². The number of anilines is 1. The van der Waals surface area contributed by atoms with E-state index < -0.39 is 0 Å². The molecule has 0 radical (unpaired) electrons. The Bertz CT molecular complexity index is 704. The van der Waals surface area contributed by atoms with Gasteiger partial charge in [-0.3, -0.25) is 4.79 Å².